The first-order valence-corrected chi connectivity index (χ1v) is 7.80. The molecule has 124 valence electrons. The first-order valence-electron chi connectivity index (χ1n) is 7.80. The average Bonchev–Trinajstić information content (AvgIpc) is 2.36. The second-order valence-corrected chi connectivity index (χ2v) is 5.98. The highest BCUT2D eigenvalue weighted by molar-refractivity contribution is 5.70. The minimum atomic E-state index is -0.468. The summed E-state index contributed by atoms with van der Waals surface area (Å²) in [4.78, 5) is 22.7. The van der Waals surface area contributed by atoms with Crippen molar-refractivity contribution >= 4 is 11.9 Å². The molecule has 5 nitrogen and oxygen atoms in total. The maximum absolute atomic E-state index is 11.4. The number of hydrogen-bond donors (Lipinski definition) is 0. The maximum atomic E-state index is 11.4. The SMILES string of the molecule is CCCCCCC(=O)OCCOCCC(=O)OC(C)(C)C. The minimum absolute atomic E-state index is 0.179. The fraction of sp³-hybridized carbons (Fsp3) is 0.875. The van der Waals surface area contributed by atoms with Gasteiger partial charge in [-0.05, 0) is 27.2 Å². The molecule has 0 aromatic rings. The maximum Gasteiger partial charge on any atom is 0.308 e. The van der Waals surface area contributed by atoms with Gasteiger partial charge in [0.1, 0.15) is 12.2 Å². The number of unbranched alkanes of at least 4 members (excludes halogenated alkanes) is 3. The molecule has 0 heterocycles. The van der Waals surface area contributed by atoms with E-state index in [1.54, 1.807) is 0 Å². The van der Waals surface area contributed by atoms with Crippen molar-refractivity contribution in [3.63, 3.8) is 0 Å². The van der Waals surface area contributed by atoms with E-state index in [9.17, 15) is 9.59 Å². The van der Waals surface area contributed by atoms with Gasteiger partial charge in [0.2, 0.25) is 0 Å². The van der Waals surface area contributed by atoms with Crippen LogP contribution in [0.1, 0.15) is 66.2 Å². The molecule has 0 bridgehead atoms. The predicted molar refractivity (Wildman–Crippen MR) is 81.0 cm³/mol. The van der Waals surface area contributed by atoms with Gasteiger partial charge in [-0.2, -0.15) is 0 Å². The van der Waals surface area contributed by atoms with Crippen molar-refractivity contribution in [1.29, 1.82) is 0 Å². The zero-order valence-electron chi connectivity index (χ0n) is 13.9. The Kier molecular flexibility index (Phi) is 10.9. The van der Waals surface area contributed by atoms with E-state index < -0.39 is 5.60 Å². The van der Waals surface area contributed by atoms with E-state index in [0.29, 0.717) is 13.0 Å². The molecule has 0 amide bonds. The van der Waals surface area contributed by atoms with Crippen LogP contribution >= 0.6 is 0 Å². The van der Waals surface area contributed by atoms with Gasteiger partial charge >= 0.3 is 11.9 Å². The van der Waals surface area contributed by atoms with Crippen molar-refractivity contribution in [2.75, 3.05) is 19.8 Å². The van der Waals surface area contributed by atoms with Gasteiger partial charge < -0.3 is 14.2 Å². The summed E-state index contributed by atoms with van der Waals surface area (Å²) in [5.41, 5.74) is -0.468. The summed E-state index contributed by atoms with van der Waals surface area (Å²) in [5, 5.41) is 0. The molecule has 0 unspecified atom stereocenters. The number of rotatable bonds is 11. The molecule has 0 saturated carbocycles. The molecule has 0 aromatic carbocycles. The van der Waals surface area contributed by atoms with Crippen LogP contribution in [0.3, 0.4) is 0 Å². The molecular formula is C16H30O5. The number of carbonyl (C=O) groups is 2. The highest BCUT2D eigenvalue weighted by Gasteiger charge is 2.15. The third kappa shape index (κ3) is 15.1. The molecule has 0 aliphatic carbocycles. The van der Waals surface area contributed by atoms with Crippen LogP contribution in [0.25, 0.3) is 0 Å². The van der Waals surface area contributed by atoms with Gasteiger partial charge in [-0.25, -0.2) is 0 Å². The lowest BCUT2D eigenvalue weighted by atomic mass is 10.2. The smallest absolute Gasteiger partial charge is 0.308 e. The van der Waals surface area contributed by atoms with Gasteiger partial charge in [0, 0.05) is 6.42 Å². The van der Waals surface area contributed by atoms with E-state index in [1.807, 2.05) is 20.8 Å². The Morgan fingerprint density at radius 1 is 0.857 bits per heavy atom. The van der Waals surface area contributed by atoms with E-state index in [2.05, 4.69) is 6.92 Å². The monoisotopic (exact) mass is 302 g/mol. The summed E-state index contributed by atoms with van der Waals surface area (Å²) in [6.45, 7) is 8.43. The normalized spacial score (nSPS) is 11.2. The van der Waals surface area contributed by atoms with E-state index in [-0.39, 0.29) is 31.6 Å². The van der Waals surface area contributed by atoms with Gasteiger partial charge in [0.25, 0.3) is 0 Å². The number of esters is 2. The Hall–Kier alpha value is -1.10. The fourth-order valence-corrected chi connectivity index (χ4v) is 1.63. The van der Waals surface area contributed by atoms with E-state index in [0.717, 1.165) is 25.7 Å². The third-order valence-corrected chi connectivity index (χ3v) is 2.60. The zero-order chi connectivity index (χ0) is 16.1. The summed E-state index contributed by atoms with van der Waals surface area (Å²) in [6.07, 6.45) is 4.94. The molecular weight excluding hydrogens is 272 g/mol. The number of ether oxygens (including phenoxy) is 3. The predicted octanol–water partition coefficient (Wildman–Crippen LogP) is 3.25. The van der Waals surface area contributed by atoms with Crippen molar-refractivity contribution in [3.05, 3.63) is 0 Å². The summed E-state index contributed by atoms with van der Waals surface area (Å²) in [7, 11) is 0. The molecule has 5 heteroatoms. The molecule has 0 radical (unpaired) electrons. The molecule has 0 aliphatic heterocycles. The highest BCUT2D eigenvalue weighted by atomic mass is 16.6. The van der Waals surface area contributed by atoms with Crippen LogP contribution < -0.4 is 0 Å². The summed E-state index contributed by atoms with van der Waals surface area (Å²) in [6, 6.07) is 0. The Bertz CT molecular complexity index is 294. The first kappa shape index (κ1) is 19.9. The largest absolute Gasteiger partial charge is 0.463 e. The van der Waals surface area contributed by atoms with Crippen molar-refractivity contribution in [1.82, 2.24) is 0 Å². The number of hydrogen-bond acceptors (Lipinski definition) is 5. The first-order chi connectivity index (χ1) is 9.85. The summed E-state index contributed by atoms with van der Waals surface area (Å²) >= 11 is 0. The Morgan fingerprint density at radius 2 is 1.57 bits per heavy atom. The van der Waals surface area contributed by atoms with Crippen LogP contribution in [0.2, 0.25) is 0 Å². The minimum Gasteiger partial charge on any atom is -0.463 e. The Labute approximate surface area is 128 Å². The molecule has 0 atom stereocenters. The Balaban J connectivity index is 3.39. The lowest BCUT2D eigenvalue weighted by Gasteiger charge is -2.19. The van der Waals surface area contributed by atoms with Crippen molar-refractivity contribution in [2.24, 2.45) is 0 Å². The molecule has 0 fully saturated rings. The van der Waals surface area contributed by atoms with Crippen molar-refractivity contribution in [2.45, 2.75) is 71.8 Å². The quantitative estimate of drug-likeness (QED) is 0.433. The summed E-state index contributed by atoms with van der Waals surface area (Å²) < 4.78 is 15.4. The Morgan fingerprint density at radius 3 is 2.19 bits per heavy atom. The van der Waals surface area contributed by atoms with Gasteiger partial charge in [-0.3, -0.25) is 9.59 Å². The topological polar surface area (TPSA) is 61.8 Å². The second-order valence-electron chi connectivity index (χ2n) is 5.98. The second kappa shape index (κ2) is 11.5. The van der Waals surface area contributed by atoms with Crippen LogP contribution in [0, 0.1) is 0 Å². The number of carbonyl (C=O) groups excluding carboxylic acids is 2. The van der Waals surface area contributed by atoms with Crippen LogP contribution in [-0.4, -0.2) is 37.4 Å². The summed E-state index contributed by atoms with van der Waals surface area (Å²) in [5.74, 6) is -0.461. The lowest BCUT2D eigenvalue weighted by molar-refractivity contribution is -0.156. The molecule has 0 aromatic heterocycles. The molecule has 0 spiro atoms. The van der Waals surface area contributed by atoms with Gasteiger partial charge in [-0.15, -0.1) is 0 Å². The fourth-order valence-electron chi connectivity index (χ4n) is 1.63. The highest BCUT2D eigenvalue weighted by Crippen LogP contribution is 2.08. The standard InChI is InChI=1S/C16H30O5/c1-5-6-7-8-9-14(17)20-13-12-19-11-10-15(18)21-16(2,3)4/h5-13H2,1-4H3. The van der Waals surface area contributed by atoms with Crippen LogP contribution in [-0.2, 0) is 23.8 Å². The molecule has 0 saturated heterocycles. The molecule has 0 rings (SSSR count). The third-order valence-electron chi connectivity index (χ3n) is 2.60. The van der Waals surface area contributed by atoms with E-state index in [4.69, 9.17) is 14.2 Å². The molecule has 0 N–H and O–H groups in total. The van der Waals surface area contributed by atoms with Gasteiger partial charge in [0.05, 0.1) is 19.6 Å². The van der Waals surface area contributed by atoms with Crippen molar-refractivity contribution < 1.29 is 23.8 Å². The van der Waals surface area contributed by atoms with Gasteiger partial charge in [0.15, 0.2) is 0 Å². The van der Waals surface area contributed by atoms with Crippen molar-refractivity contribution in [3.8, 4) is 0 Å². The average molecular weight is 302 g/mol. The molecule has 0 aliphatic rings. The van der Waals surface area contributed by atoms with Gasteiger partial charge in [-0.1, -0.05) is 26.2 Å². The van der Waals surface area contributed by atoms with Crippen LogP contribution in [0.15, 0.2) is 0 Å². The zero-order valence-corrected chi connectivity index (χ0v) is 13.9. The van der Waals surface area contributed by atoms with E-state index in [1.165, 1.54) is 0 Å². The lowest BCUT2D eigenvalue weighted by Crippen LogP contribution is -2.24. The van der Waals surface area contributed by atoms with Crippen LogP contribution in [0.4, 0.5) is 0 Å². The van der Waals surface area contributed by atoms with E-state index >= 15 is 0 Å². The van der Waals surface area contributed by atoms with Crippen LogP contribution in [0.5, 0.6) is 0 Å². The molecule has 21 heavy (non-hydrogen) atoms.